The molecule has 2 N–H and O–H groups in total. The van der Waals surface area contributed by atoms with Crippen molar-refractivity contribution in [3.05, 3.63) is 65.7 Å². The Balaban J connectivity index is 1.85. The molecule has 3 unspecified atom stereocenters. The molecule has 1 aliphatic heterocycles. The number of hydrogen-bond acceptors (Lipinski definition) is 5. The Labute approximate surface area is 174 Å². The van der Waals surface area contributed by atoms with Crippen LogP contribution < -0.4 is 4.74 Å². The zero-order chi connectivity index (χ0) is 21.3. The van der Waals surface area contributed by atoms with Gasteiger partial charge >= 0.3 is 0 Å². The molecule has 0 aliphatic carbocycles. The van der Waals surface area contributed by atoms with Gasteiger partial charge in [-0.05, 0) is 24.2 Å². The lowest BCUT2D eigenvalue weighted by Gasteiger charge is -2.44. The number of hydrogen-bond donors (Lipinski definition) is 2. The minimum atomic E-state index is -1.92. The molecule has 0 fully saturated rings. The summed E-state index contributed by atoms with van der Waals surface area (Å²) < 4.78 is 18.6. The van der Waals surface area contributed by atoms with Crippen molar-refractivity contribution in [3.8, 4) is 5.75 Å². The van der Waals surface area contributed by atoms with Crippen molar-refractivity contribution in [3.63, 3.8) is 0 Å². The molecule has 0 saturated carbocycles. The van der Waals surface area contributed by atoms with Crippen molar-refractivity contribution in [2.75, 3.05) is 13.2 Å². The van der Waals surface area contributed by atoms with Crippen LogP contribution in [0.3, 0.4) is 0 Å². The molecule has 3 atom stereocenters. The molecule has 0 aromatic heterocycles. The first-order chi connectivity index (χ1) is 13.6. The summed E-state index contributed by atoms with van der Waals surface area (Å²) in [4.78, 5) is 0. The summed E-state index contributed by atoms with van der Waals surface area (Å²) in [5.41, 5.74) is 1.20. The van der Waals surface area contributed by atoms with Gasteiger partial charge in [-0.2, -0.15) is 0 Å². The van der Waals surface area contributed by atoms with Crippen molar-refractivity contribution in [2.45, 2.75) is 56.9 Å². The molecule has 158 valence electrons. The highest BCUT2D eigenvalue weighted by molar-refractivity contribution is 6.74. The van der Waals surface area contributed by atoms with Gasteiger partial charge in [-0.15, -0.1) is 0 Å². The lowest BCUT2D eigenvalue weighted by molar-refractivity contribution is -0.280. The molecule has 0 spiro atoms. The van der Waals surface area contributed by atoms with E-state index in [2.05, 4.69) is 33.9 Å². The average molecular weight is 417 g/mol. The van der Waals surface area contributed by atoms with Crippen LogP contribution in [0.15, 0.2) is 54.6 Å². The molecule has 2 aromatic carbocycles. The van der Waals surface area contributed by atoms with E-state index in [0.717, 1.165) is 0 Å². The molecule has 0 amide bonds. The third-order valence-electron chi connectivity index (χ3n) is 6.03. The van der Waals surface area contributed by atoms with E-state index in [4.69, 9.17) is 13.9 Å². The number of para-hydroxylation sites is 1. The van der Waals surface area contributed by atoms with Gasteiger partial charge in [-0.25, -0.2) is 0 Å². The summed E-state index contributed by atoms with van der Waals surface area (Å²) in [6, 6.07) is 16.4. The van der Waals surface area contributed by atoms with Gasteiger partial charge in [0.05, 0.1) is 13.2 Å². The van der Waals surface area contributed by atoms with Crippen LogP contribution in [0, 0.1) is 0 Å². The molecule has 0 radical (unpaired) electrons. The van der Waals surface area contributed by atoms with Gasteiger partial charge < -0.3 is 24.1 Å². The average Bonchev–Trinajstić information content (AvgIpc) is 2.69. The fraction of sp³-hybridized carbons (Fsp3) is 0.478. The molecule has 5 nitrogen and oxygen atoms in total. The molecule has 6 heteroatoms. The standard InChI is InChI=1S/C23H32O5Si/c1-22(2,3)29(4,5)27-16-15-26-23(17-11-7-6-8-12-17)21(25)20(24)18-13-9-10-14-19(18)28-23/h6-14,20-21,24-25H,15-16H2,1-5H3. The molecule has 29 heavy (non-hydrogen) atoms. The zero-order valence-electron chi connectivity index (χ0n) is 17.9. The highest BCUT2D eigenvalue weighted by atomic mass is 28.4. The monoisotopic (exact) mass is 416 g/mol. The molecular weight excluding hydrogens is 384 g/mol. The van der Waals surface area contributed by atoms with Gasteiger partial charge in [0, 0.05) is 11.1 Å². The van der Waals surface area contributed by atoms with E-state index in [0.29, 0.717) is 23.5 Å². The van der Waals surface area contributed by atoms with E-state index >= 15 is 0 Å². The topological polar surface area (TPSA) is 68.2 Å². The van der Waals surface area contributed by atoms with Crippen LogP contribution in [0.5, 0.6) is 5.75 Å². The molecule has 0 saturated heterocycles. The van der Waals surface area contributed by atoms with E-state index in [1.165, 1.54) is 0 Å². The summed E-state index contributed by atoms with van der Waals surface area (Å²) in [6.07, 6.45) is -2.41. The summed E-state index contributed by atoms with van der Waals surface area (Å²) in [5.74, 6) is -1.01. The minimum absolute atomic E-state index is 0.0973. The predicted octanol–water partition coefficient (Wildman–Crippen LogP) is 4.36. The van der Waals surface area contributed by atoms with Crippen molar-refractivity contribution in [1.29, 1.82) is 0 Å². The highest BCUT2D eigenvalue weighted by Crippen LogP contribution is 2.45. The second-order valence-electron chi connectivity index (χ2n) is 9.02. The number of aliphatic hydroxyl groups excluding tert-OH is 2. The third-order valence-corrected chi connectivity index (χ3v) is 10.6. The molecule has 3 rings (SSSR count). The number of ether oxygens (including phenoxy) is 2. The van der Waals surface area contributed by atoms with Crippen LogP contribution >= 0.6 is 0 Å². The molecule has 1 aliphatic rings. The van der Waals surface area contributed by atoms with E-state index in [1.807, 2.05) is 42.5 Å². The molecule has 2 aromatic rings. The zero-order valence-corrected chi connectivity index (χ0v) is 18.9. The van der Waals surface area contributed by atoms with E-state index < -0.39 is 26.3 Å². The van der Waals surface area contributed by atoms with Crippen LogP contribution in [0.2, 0.25) is 18.1 Å². The second-order valence-corrected chi connectivity index (χ2v) is 13.8. The number of rotatable bonds is 6. The van der Waals surface area contributed by atoms with Gasteiger partial charge in [0.2, 0.25) is 0 Å². The van der Waals surface area contributed by atoms with E-state index in [9.17, 15) is 10.2 Å². The van der Waals surface area contributed by atoms with Crippen LogP contribution in [-0.4, -0.2) is 37.8 Å². The van der Waals surface area contributed by atoms with Crippen LogP contribution in [0.25, 0.3) is 0 Å². The van der Waals surface area contributed by atoms with Crippen LogP contribution in [0.1, 0.15) is 38.0 Å². The Morgan fingerprint density at radius 1 is 0.966 bits per heavy atom. The molecule has 1 heterocycles. The lowest BCUT2D eigenvalue weighted by atomic mass is 9.89. The number of benzene rings is 2. The summed E-state index contributed by atoms with van der Waals surface area (Å²) >= 11 is 0. The smallest absolute Gasteiger partial charge is 0.266 e. The molecular formula is C23H32O5Si. The Bertz CT molecular complexity index is 818. The quantitative estimate of drug-likeness (QED) is 0.541. The van der Waals surface area contributed by atoms with Gasteiger partial charge in [-0.1, -0.05) is 69.3 Å². The third kappa shape index (κ3) is 4.27. The van der Waals surface area contributed by atoms with Gasteiger partial charge in [-0.3, -0.25) is 0 Å². The van der Waals surface area contributed by atoms with Crippen LogP contribution in [0.4, 0.5) is 0 Å². The maximum atomic E-state index is 11.0. The first kappa shape index (κ1) is 22.0. The number of aliphatic hydroxyl groups is 2. The number of fused-ring (bicyclic) bond motifs is 1. The maximum absolute atomic E-state index is 11.0. The van der Waals surface area contributed by atoms with Crippen molar-refractivity contribution < 1.29 is 24.1 Å². The first-order valence-electron chi connectivity index (χ1n) is 10.1. The van der Waals surface area contributed by atoms with Crippen molar-refractivity contribution in [2.24, 2.45) is 0 Å². The Morgan fingerprint density at radius 2 is 1.59 bits per heavy atom. The van der Waals surface area contributed by atoms with Crippen molar-refractivity contribution in [1.82, 2.24) is 0 Å². The van der Waals surface area contributed by atoms with Gasteiger partial charge in [0.25, 0.3) is 5.79 Å². The normalized spacial score (nSPS) is 24.7. The minimum Gasteiger partial charge on any atom is -0.455 e. The summed E-state index contributed by atoms with van der Waals surface area (Å²) in [7, 11) is -1.92. The summed E-state index contributed by atoms with van der Waals surface area (Å²) in [5, 5.41) is 21.9. The Kier molecular flexibility index (Phi) is 6.22. The fourth-order valence-electron chi connectivity index (χ4n) is 3.22. The van der Waals surface area contributed by atoms with Crippen LogP contribution in [-0.2, 0) is 14.9 Å². The Hall–Kier alpha value is -1.70. The van der Waals surface area contributed by atoms with Crippen molar-refractivity contribution >= 4 is 8.32 Å². The second kappa shape index (κ2) is 8.20. The van der Waals surface area contributed by atoms with E-state index in [1.54, 1.807) is 12.1 Å². The summed E-state index contributed by atoms with van der Waals surface area (Å²) in [6.45, 7) is 11.6. The predicted molar refractivity (Wildman–Crippen MR) is 115 cm³/mol. The SMILES string of the molecule is CC(C)(C)[Si](C)(C)OCCOC1(c2ccccc2)Oc2ccccc2C(O)C1O. The first-order valence-corrected chi connectivity index (χ1v) is 13.0. The fourth-order valence-corrected chi connectivity index (χ4v) is 4.25. The van der Waals surface area contributed by atoms with E-state index in [-0.39, 0.29) is 11.6 Å². The van der Waals surface area contributed by atoms with Gasteiger partial charge in [0.15, 0.2) is 14.4 Å². The Morgan fingerprint density at radius 3 is 2.24 bits per heavy atom. The molecule has 0 bridgehead atoms. The largest absolute Gasteiger partial charge is 0.455 e. The lowest BCUT2D eigenvalue weighted by Crippen LogP contribution is -2.53. The maximum Gasteiger partial charge on any atom is 0.266 e. The highest BCUT2D eigenvalue weighted by Gasteiger charge is 2.51. The van der Waals surface area contributed by atoms with Gasteiger partial charge in [0.1, 0.15) is 11.9 Å².